The number of nitrogens with zero attached hydrogens (tertiary/aromatic N) is 1. The van der Waals surface area contributed by atoms with Crippen molar-refractivity contribution in [3.05, 3.63) is 68.9 Å². The Balaban J connectivity index is 1.96. The highest BCUT2D eigenvalue weighted by Crippen LogP contribution is 2.34. The number of para-hydroxylation sites is 1. The zero-order valence-corrected chi connectivity index (χ0v) is 14.3. The van der Waals surface area contributed by atoms with E-state index in [1.807, 2.05) is 18.2 Å². The summed E-state index contributed by atoms with van der Waals surface area (Å²) in [6.07, 6.45) is 2.49. The van der Waals surface area contributed by atoms with Gasteiger partial charge in [0.2, 0.25) is 5.88 Å². The van der Waals surface area contributed by atoms with Crippen LogP contribution in [0.4, 0.5) is 0 Å². The summed E-state index contributed by atoms with van der Waals surface area (Å²) >= 11 is 5.16. The molecule has 0 amide bonds. The molecule has 4 N–H and O–H groups in total. The van der Waals surface area contributed by atoms with E-state index in [4.69, 9.17) is 12.2 Å². The molecule has 1 aliphatic rings. The maximum Gasteiger partial charge on any atom is 0.260 e. The number of rotatable bonds is 3. The van der Waals surface area contributed by atoms with E-state index in [0.29, 0.717) is 6.54 Å². The summed E-state index contributed by atoms with van der Waals surface area (Å²) < 4.78 is 1.65. The fourth-order valence-electron chi connectivity index (χ4n) is 3.56. The van der Waals surface area contributed by atoms with Gasteiger partial charge in [-0.15, -0.1) is 6.58 Å². The van der Waals surface area contributed by atoms with Crippen LogP contribution in [0.15, 0.2) is 41.7 Å². The van der Waals surface area contributed by atoms with Gasteiger partial charge in [0.25, 0.3) is 5.56 Å². The zero-order chi connectivity index (χ0) is 17.6. The maximum atomic E-state index is 12.6. The number of allylic oxidation sites excluding steroid dienone is 1. The smallest absolute Gasteiger partial charge is 0.260 e. The van der Waals surface area contributed by atoms with Gasteiger partial charge in [-0.1, -0.05) is 24.3 Å². The minimum atomic E-state index is -0.424. The Morgan fingerprint density at radius 2 is 2.16 bits per heavy atom. The van der Waals surface area contributed by atoms with Gasteiger partial charge in [0, 0.05) is 29.7 Å². The molecule has 7 heteroatoms. The van der Waals surface area contributed by atoms with Crippen molar-refractivity contribution in [1.82, 2.24) is 19.9 Å². The van der Waals surface area contributed by atoms with Crippen LogP contribution in [0.25, 0.3) is 10.9 Å². The molecule has 0 saturated carbocycles. The minimum absolute atomic E-state index is 0.127. The fraction of sp³-hybridized carbons (Fsp3) is 0.222. The third kappa shape index (κ3) is 2.43. The third-order valence-electron chi connectivity index (χ3n) is 4.67. The molecular formula is C18H18N4O2S. The average molecular weight is 354 g/mol. The largest absolute Gasteiger partial charge is 0.494 e. The van der Waals surface area contributed by atoms with E-state index in [2.05, 4.69) is 27.9 Å². The maximum absolute atomic E-state index is 12.6. The molecular weight excluding hydrogens is 336 g/mol. The van der Waals surface area contributed by atoms with Crippen LogP contribution >= 0.6 is 12.2 Å². The first-order chi connectivity index (χ1) is 12.1. The molecule has 0 spiro atoms. The van der Waals surface area contributed by atoms with Gasteiger partial charge in [-0.25, -0.2) is 0 Å². The monoisotopic (exact) mass is 354 g/mol. The quantitative estimate of drug-likeness (QED) is 0.430. The predicted octanol–water partition coefficient (Wildman–Crippen LogP) is 2.51. The topological polar surface area (TPSA) is 85.8 Å². The molecule has 0 aliphatic carbocycles. The van der Waals surface area contributed by atoms with E-state index in [9.17, 15) is 9.90 Å². The van der Waals surface area contributed by atoms with Crippen molar-refractivity contribution in [2.24, 2.45) is 0 Å². The van der Waals surface area contributed by atoms with Crippen LogP contribution < -0.4 is 10.9 Å². The van der Waals surface area contributed by atoms with Crippen molar-refractivity contribution in [2.45, 2.75) is 19.0 Å². The molecule has 1 unspecified atom stereocenters. The molecule has 0 bridgehead atoms. The van der Waals surface area contributed by atoms with Gasteiger partial charge in [-0.05, 0) is 30.3 Å². The van der Waals surface area contributed by atoms with E-state index >= 15 is 0 Å². The SMILES string of the molecule is C=CCn1c(O)c(C2NCCc3c2[nH]c2ccccc32)c(=O)[nH]c1=S. The first-order valence-electron chi connectivity index (χ1n) is 8.11. The molecule has 2 aromatic heterocycles. The summed E-state index contributed by atoms with van der Waals surface area (Å²) in [6.45, 7) is 4.71. The molecule has 3 aromatic rings. The summed E-state index contributed by atoms with van der Waals surface area (Å²) in [5, 5.41) is 15.2. The molecule has 3 heterocycles. The lowest BCUT2D eigenvalue weighted by atomic mass is 9.95. The van der Waals surface area contributed by atoms with Crippen LogP contribution in [0.5, 0.6) is 5.88 Å². The lowest BCUT2D eigenvalue weighted by Crippen LogP contribution is -2.35. The van der Waals surface area contributed by atoms with Crippen molar-refractivity contribution in [3.63, 3.8) is 0 Å². The number of aromatic amines is 2. The molecule has 1 aromatic carbocycles. The molecule has 0 radical (unpaired) electrons. The third-order valence-corrected chi connectivity index (χ3v) is 4.99. The Morgan fingerprint density at radius 1 is 1.36 bits per heavy atom. The van der Waals surface area contributed by atoms with Crippen LogP contribution in [0, 0.1) is 4.77 Å². The van der Waals surface area contributed by atoms with E-state index in [0.717, 1.165) is 29.6 Å². The molecule has 4 rings (SSSR count). The molecule has 0 fully saturated rings. The summed E-state index contributed by atoms with van der Waals surface area (Å²) in [6, 6.07) is 7.63. The van der Waals surface area contributed by atoms with Crippen LogP contribution in [-0.2, 0) is 13.0 Å². The van der Waals surface area contributed by atoms with Crippen LogP contribution in [0.2, 0.25) is 0 Å². The Kier molecular flexibility index (Phi) is 3.82. The van der Waals surface area contributed by atoms with E-state index < -0.39 is 6.04 Å². The van der Waals surface area contributed by atoms with Crippen LogP contribution in [0.1, 0.15) is 22.9 Å². The number of fused-ring (bicyclic) bond motifs is 3. The summed E-state index contributed by atoms with van der Waals surface area (Å²) in [5.74, 6) is -0.127. The number of hydrogen-bond acceptors (Lipinski definition) is 4. The first kappa shape index (κ1) is 15.9. The molecule has 0 saturated heterocycles. The van der Waals surface area contributed by atoms with E-state index in [1.54, 1.807) is 6.08 Å². The minimum Gasteiger partial charge on any atom is -0.494 e. The highest BCUT2D eigenvalue weighted by atomic mass is 32.1. The standard InChI is InChI=1S/C18H18N4O2S/c1-2-9-22-17(24)13(16(23)21-18(22)25)15-14-11(7-8-19-15)10-5-3-4-6-12(10)20-14/h2-6,15,19-20,24H,1,7-9H2,(H,21,23,25). The Morgan fingerprint density at radius 3 is 2.96 bits per heavy atom. The van der Waals surface area contributed by atoms with Gasteiger partial charge in [0.1, 0.15) is 5.56 Å². The average Bonchev–Trinajstić information content (AvgIpc) is 2.98. The molecule has 1 aliphatic heterocycles. The number of hydrogen-bond donors (Lipinski definition) is 4. The number of H-pyrrole nitrogens is 2. The summed E-state index contributed by atoms with van der Waals surface area (Å²) in [5.41, 5.74) is 3.00. The lowest BCUT2D eigenvalue weighted by molar-refractivity contribution is 0.394. The number of benzene rings is 1. The van der Waals surface area contributed by atoms with Crippen molar-refractivity contribution in [3.8, 4) is 5.88 Å². The number of nitrogens with one attached hydrogen (secondary N) is 3. The van der Waals surface area contributed by atoms with Gasteiger partial charge < -0.3 is 15.4 Å². The lowest BCUT2D eigenvalue weighted by Gasteiger charge is -2.25. The van der Waals surface area contributed by atoms with Crippen molar-refractivity contribution in [2.75, 3.05) is 6.54 Å². The predicted molar refractivity (Wildman–Crippen MR) is 99.6 cm³/mol. The second kappa shape index (κ2) is 6.02. The summed E-state index contributed by atoms with van der Waals surface area (Å²) in [7, 11) is 0. The fourth-order valence-corrected chi connectivity index (χ4v) is 3.81. The Hall–Kier alpha value is -2.64. The van der Waals surface area contributed by atoms with Gasteiger partial charge in [0.15, 0.2) is 4.77 Å². The second-order valence-corrected chi connectivity index (χ2v) is 6.48. The van der Waals surface area contributed by atoms with Crippen molar-refractivity contribution in [1.29, 1.82) is 0 Å². The molecule has 128 valence electrons. The zero-order valence-electron chi connectivity index (χ0n) is 13.5. The number of aromatic nitrogens is 3. The van der Waals surface area contributed by atoms with E-state index in [1.165, 1.54) is 10.1 Å². The van der Waals surface area contributed by atoms with Gasteiger partial charge in [0.05, 0.1) is 6.04 Å². The Labute approximate surface area is 148 Å². The van der Waals surface area contributed by atoms with Crippen LogP contribution in [0.3, 0.4) is 0 Å². The molecule has 25 heavy (non-hydrogen) atoms. The van der Waals surface area contributed by atoms with Crippen molar-refractivity contribution >= 4 is 23.1 Å². The molecule has 1 atom stereocenters. The highest BCUT2D eigenvalue weighted by Gasteiger charge is 2.30. The molecule has 6 nitrogen and oxygen atoms in total. The number of aromatic hydroxyl groups is 1. The van der Waals surface area contributed by atoms with Gasteiger partial charge >= 0.3 is 0 Å². The second-order valence-electron chi connectivity index (χ2n) is 6.10. The van der Waals surface area contributed by atoms with Gasteiger partial charge in [-0.2, -0.15) is 0 Å². The highest BCUT2D eigenvalue weighted by molar-refractivity contribution is 7.71. The first-order valence-corrected chi connectivity index (χ1v) is 8.52. The van der Waals surface area contributed by atoms with E-state index in [-0.39, 0.29) is 21.8 Å². The van der Waals surface area contributed by atoms with Crippen LogP contribution in [-0.4, -0.2) is 26.2 Å². The Bertz CT molecular complexity index is 1090. The van der Waals surface area contributed by atoms with Crippen molar-refractivity contribution < 1.29 is 5.11 Å². The summed E-state index contributed by atoms with van der Waals surface area (Å²) in [4.78, 5) is 18.6. The van der Waals surface area contributed by atoms with Gasteiger partial charge in [-0.3, -0.25) is 14.3 Å². The normalized spacial score (nSPS) is 16.7.